The minimum Gasteiger partial charge on any atom is -0.451 e. The van der Waals surface area contributed by atoms with Gasteiger partial charge in [-0.05, 0) is 49.9 Å². The van der Waals surface area contributed by atoms with Crippen LogP contribution in [-0.2, 0) is 19.6 Å². The molecule has 130 valence electrons. The van der Waals surface area contributed by atoms with Gasteiger partial charge in [-0.25, -0.2) is 13.2 Å². The molecule has 0 amide bonds. The Hall–Kier alpha value is -1.73. The number of carbonyl (C=O) groups is 2. The van der Waals surface area contributed by atoms with Gasteiger partial charge < -0.3 is 4.74 Å². The predicted octanol–water partition coefficient (Wildman–Crippen LogP) is 2.14. The number of carbonyl (C=O) groups excluding carboxylic acids is 2. The second-order valence-electron chi connectivity index (χ2n) is 6.24. The lowest BCUT2D eigenvalue weighted by molar-refractivity contribution is -0.124. The van der Waals surface area contributed by atoms with E-state index < -0.39 is 22.1 Å². The predicted molar refractivity (Wildman–Crippen MR) is 87.1 cm³/mol. The maximum Gasteiger partial charge on any atom is 0.338 e. The van der Waals surface area contributed by atoms with Crippen LogP contribution >= 0.6 is 0 Å². The first kappa shape index (κ1) is 17.1. The SMILES string of the molecule is O=C(O[C@@H]1CCCC1=O)c1ccc(S(=O)(=O)N2CCCCC2)cc1. The van der Waals surface area contributed by atoms with Crippen LogP contribution in [0.5, 0.6) is 0 Å². The van der Waals surface area contributed by atoms with Crippen LogP contribution in [0, 0.1) is 0 Å². The Morgan fingerprint density at radius 1 is 1.04 bits per heavy atom. The van der Waals surface area contributed by atoms with Crippen molar-refractivity contribution in [3.63, 3.8) is 0 Å². The van der Waals surface area contributed by atoms with Crippen molar-refractivity contribution in [1.29, 1.82) is 0 Å². The number of benzene rings is 1. The van der Waals surface area contributed by atoms with E-state index >= 15 is 0 Å². The number of nitrogens with zero attached hydrogens (tertiary/aromatic N) is 1. The van der Waals surface area contributed by atoms with Gasteiger partial charge in [0.2, 0.25) is 10.0 Å². The molecule has 1 aromatic carbocycles. The van der Waals surface area contributed by atoms with Crippen LogP contribution in [0.15, 0.2) is 29.2 Å². The Balaban J connectivity index is 1.70. The highest BCUT2D eigenvalue weighted by molar-refractivity contribution is 7.89. The molecule has 7 heteroatoms. The third-order valence-electron chi connectivity index (χ3n) is 4.54. The summed E-state index contributed by atoms with van der Waals surface area (Å²) in [7, 11) is -3.51. The first-order valence-corrected chi connectivity index (χ1v) is 9.76. The number of ether oxygens (including phenoxy) is 1. The molecule has 3 rings (SSSR count). The third kappa shape index (κ3) is 3.52. The van der Waals surface area contributed by atoms with E-state index in [0.29, 0.717) is 25.9 Å². The molecule has 0 bridgehead atoms. The zero-order valence-electron chi connectivity index (χ0n) is 13.4. The average Bonchev–Trinajstić information content (AvgIpc) is 3.00. The van der Waals surface area contributed by atoms with Gasteiger partial charge in [-0.2, -0.15) is 4.31 Å². The molecule has 1 heterocycles. The first-order chi connectivity index (χ1) is 11.5. The van der Waals surface area contributed by atoms with E-state index in [1.165, 1.54) is 28.6 Å². The molecule has 6 nitrogen and oxygen atoms in total. The maximum atomic E-state index is 12.6. The van der Waals surface area contributed by atoms with Crippen LogP contribution in [-0.4, -0.2) is 43.7 Å². The van der Waals surface area contributed by atoms with Gasteiger partial charge in [0.05, 0.1) is 10.5 Å². The third-order valence-corrected chi connectivity index (χ3v) is 6.45. The summed E-state index contributed by atoms with van der Waals surface area (Å²) >= 11 is 0. The highest BCUT2D eigenvalue weighted by Crippen LogP contribution is 2.22. The molecule has 1 atom stereocenters. The lowest BCUT2D eigenvalue weighted by atomic mass is 10.2. The van der Waals surface area contributed by atoms with E-state index in [4.69, 9.17) is 4.74 Å². The second-order valence-corrected chi connectivity index (χ2v) is 8.18. The van der Waals surface area contributed by atoms with Crippen LogP contribution in [0.25, 0.3) is 0 Å². The zero-order chi connectivity index (χ0) is 17.2. The number of Topliss-reactive ketones (excluding diaryl/α,β-unsaturated/α-hetero) is 1. The summed E-state index contributed by atoms with van der Waals surface area (Å²) in [6, 6.07) is 5.74. The largest absolute Gasteiger partial charge is 0.451 e. The van der Waals surface area contributed by atoms with E-state index in [1.54, 1.807) is 0 Å². The minimum atomic E-state index is -3.51. The zero-order valence-corrected chi connectivity index (χ0v) is 14.3. The lowest BCUT2D eigenvalue weighted by Crippen LogP contribution is -2.35. The number of hydrogen-bond acceptors (Lipinski definition) is 5. The van der Waals surface area contributed by atoms with Crippen molar-refractivity contribution in [2.24, 2.45) is 0 Å². The number of rotatable bonds is 4. The molecule has 1 aliphatic heterocycles. The monoisotopic (exact) mass is 351 g/mol. The summed E-state index contributed by atoms with van der Waals surface area (Å²) in [5.41, 5.74) is 0.257. The molecule has 0 N–H and O–H groups in total. The normalized spacial score (nSPS) is 22.5. The molecule has 1 aliphatic carbocycles. The van der Waals surface area contributed by atoms with Gasteiger partial charge in [0, 0.05) is 19.5 Å². The fraction of sp³-hybridized carbons (Fsp3) is 0.529. The van der Waals surface area contributed by atoms with Crippen molar-refractivity contribution in [2.45, 2.75) is 49.5 Å². The van der Waals surface area contributed by atoms with Crippen molar-refractivity contribution >= 4 is 21.8 Å². The van der Waals surface area contributed by atoms with Gasteiger partial charge in [0.25, 0.3) is 0 Å². The van der Waals surface area contributed by atoms with E-state index in [2.05, 4.69) is 0 Å². The summed E-state index contributed by atoms with van der Waals surface area (Å²) in [4.78, 5) is 23.8. The lowest BCUT2D eigenvalue weighted by Gasteiger charge is -2.25. The van der Waals surface area contributed by atoms with Crippen LogP contribution in [0.1, 0.15) is 48.9 Å². The molecular weight excluding hydrogens is 330 g/mol. The molecular formula is C17H21NO5S. The number of ketones is 1. The molecule has 0 radical (unpaired) electrons. The molecule has 0 unspecified atom stereocenters. The summed E-state index contributed by atoms with van der Waals surface area (Å²) < 4.78 is 31.8. The summed E-state index contributed by atoms with van der Waals surface area (Å²) in [5, 5.41) is 0. The summed E-state index contributed by atoms with van der Waals surface area (Å²) in [6.07, 6.45) is 3.89. The summed E-state index contributed by atoms with van der Waals surface area (Å²) in [5.74, 6) is -0.634. The fourth-order valence-corrected chi connectivity index (χ4v) is 4.64. The van der Waals surface area contributed by atoms with E-state index in [9.17, 15) is 18.0 Å². The van der Waals surface area contributed by atoms with Gasteiger partial charge in [-0.15, -0.1) is 0 Å². The first-order valence-electron chi connectivity index (χ1n) is 8.32. The van der Waals surface area contributed by atoms with Crippen LogP contribution in [0.3, 0.4) is 0 Å². The molecule has 1 aromatic rings. The topological polar surface area (TPSA) is 80.8 Å². The van der Waals surface area contributed by atoms with Crippen molar-refractivity contribution in [2.75, 3.05) is 13.1 Å². The van der Waals surface area contributed by atoms with Crippen LogP contribution in [0.2, 0.25) is 0 Å². The number of esters is 1. The Bertz CT molecular complexity index is 720. The van der Waals surface area contributed by atoms with Crippen molar-refractivity contribution in [1.82, 2.24) is 4.31 Å². The minimum absolute atomic E-state index is 0.0485. The maximum absolute atomic E-state index is 12.6. The van der Waals surface area contributed by atoms with Gasteiger partial charge in [-0.3, -0.25) is 4.79 Å². The van der Waals surface area contributed by atoms with E-state index in [0.717, 1.165) is 25.7 Å². The number of sulfonamides is 1. The van der Waals surface area contributed by atoms with Crippen molar-refractivity contribution < 1.29 is 22.7 Å². The summed E-state index contributed by atoms with van der Waals surface area (Å²) in [6.45, 7) is 1.08. The Labute approximate surface area is 141 Å². The van der Waals surface area contributed by atoms with E-state index in [-0.39, 0.29) is 16.2 Å². The highest BCUT2D eigenvalue weighted by Gasteiger charge is 2.29. The molecule has 2 fully saturated rings. The van der Waals surface area contributed by atoms with E-state index in [1.807, 2.05) is 0 Å². The average molecular weight is 351 g/mol. The van der Waals surface area contributed by atoms with Crippen molar-refractivity contribution in [3.8, 4) is 0 Å². The number of hydrogen-bond donors (Lipinski definition) is 0. The van der Waals surface area contributed by atoms with Crippen LogP contribution < -0.4 is 0 Å². The molecule has 0 spiro atoms. The standard InChI is InChI=1S/C17H21NO5S/c19-15-5-4-6-16(15)23-17(20)13-7-9-14(10-8-13)24(21,22)18-11-2-1-3-12-18/h7-10,16H,1-6,11-12H2/t16-/m1/s1. The van der Waals surface area contributed by atoms with Gasteiger partial charge in [0.15, 0.2) is 11.9 Å². The molecule has 0 aromatic heterocycles. The van der Waals surface area contributed by atoms with Crippen LogP contribution in [0.4, 0.5) is 0 Å². The molecule has 1 saturated carbocycles. The Morgan fingerprint density at radius 3 is 2.29 bits per heavy atom. The highest BCUT2D eigenvalue weighted by atomic mass is 32.2. The molecule has 1 saturated heterocycles. The van der Waals surface area contributed by atoms with Gasteiger partial charge >= 0.3 is 5.97 Å². The number of piperidine rings is 1. The Morgan fingerprint density at radius 2 is 1.71 bits per heavy atom. The smallest absolute Gasteiger partial charge is 0.338 e. The Kier molecular flexibility index (Phi) is 5.01. The van der Waals surface area contributed by atoms with Gasteiger partial charge in [-0.1, -0.05) is 6.42 Å². The fourth-order valence-electron chi connectivity index (χ4n) is 3.12. The molecule has 24 heavy (non-hydrogen) atoms. The second kappa shape index (κ2) is 7.03. The van der Waals surface area contributed by atoms with Crippen molar-refractivity contribution in [3.05, 3.63) is 29.8 Å². The molecule has 2 aliphatic rings. The quantitative estimate of drug-likeness (QED) is 0.777. The van der Waals surface area contributed by atoms with Gasteiger partial charge in [0.1, 0.15) is 0 Å².